The number of nitrogens with one attached hydrogen (secondary N) is 1. The molecule has 18 heavy (non-hydrogen) atoms. The second kappa shape index (κ2) is 4.94. The first kappa shape index (κ1) is 12.2. The summed E-state index contributed by atoms with van der Waals surface area (Å²) in [6.45, 7) is 3.68. The first-order valence-electron chi connectivity index (χ1n) is 5.22. The summed E-state index contributed by atoms with van der Waals surface area (Å²) in [5, 5.41) is 12.3. The zero-order chi connectivity index (χ0) is 13.1. The number of thiazole rings is 1. The minimum absolute atomic E-state index is 0.259. The van der Waals surface area contributed by atoms with Crippen LogP contribution in [-0.4, -0.2) is 15.9 Å². The van der Waals surface area contributed by atoms with Crippen LogP contribution in [0.3, 0.4) is 0 Å². The van der Waals surface area contributed by atoms with E-state index in [0.29, 0.717) is 11.3 Å². The summed E-state index contributed by atoms with van der Waals surface area (Å²) in [7, 11) is 0. The van der Waals surface area contributed by atoms with Crippen LogP contribution in [0.5, 0.6) is 0 Å². The van der Waals surface area contributed by atoms with E-state index in [2.05, 4.69) is 15.3 Å². The molecule has 0 radical (unpaired) electrons. The molecule has 0 saturated heterocycles. The van der Waals surface area contributed by atoms with Gasteiger partial charge in [0.2, 0.25) is 0 Å². The first-order valence-corrected chi connectivity index (χ1v) is 6.04. The molecule has 1 N–H and O–H groups in total. The van der Waals surface area contributed by atoms with Crippen molar-refractivity contribution in [3.05, 3.63) is 39.5 Å². The summed E-state index contributed by atoms with van der Waals surface area (Å²) in [6.07, 6.45) is 1.52. The van der Waals surface area contributed by atoms with E-state index < -0.39 is 0 Å². The third-order valence-corrected chi connectivity index (χ3v) is 3.16. The van der Waals surface area contributed by atoms with Crippen molar-refractivity contribution in [1.29, 1.82) is 5.26 Å². The average molecular weight is 258 g/mol. The number of hydrogen-bond acceptors (Lipinski definition) is 5. The quantitative estimate of drug-likeness (QED) is 0.896. The number of hydrogen-bond donors (Lipinski definition) is 1. The minimum atomic E-state index is -0.341. The molecular formula is C12H10N4OS. The Kier molecular flexibility index (Phi) is 3.35. The van der Waals surface area contributed by atoms with Gasteiger partial charge >= 0.3 is 0 Å². The normalized spacial score (nSPS) is 9.83. The largest absolute Gasteiger partial charge is 0.304 e. The van der Waals surface area contributed by atoms with E-state index in [1.807, 2.05) is 19.9 Å². The molecule has 6 heteroatoms. The average Bonchev–Trinajstić information content (AvgIpc) is 2.69. The third-order valence-electron chi connectivity index (χ3n) is 2.28. The number of carbonyl (C=O) groups excluding carboxylic acids is 1. The number of anilines is 1. The first-order chi connectivity index (χ1) is 8.61. The Morgan fingerprint density at radius 2 is 2.28 bits per heavy atom. The molecule has 0 spiro atoms. The van der Waals surface area contributed by atoms with Crippen molar-refractivity contribution in [3.63, 3.8) is 0 Å². The number of aryl methyl sites for hydroxylation is 2. The fraction of sp³-hybridized carbons (Fsp3) is 0.167. The Labute approximate surface area is 108 Å². The lowest BCUT2D eigenvalue weighted by Gasteiger charge is -2.04. The van der Waals surface area contributed by atoms with Gasteiger partial charge in [-0.15, -0.1) is 11.3 Å². The van der Waals surface area contributed by atoms with E-state index in [4.69, 9.17) is 5.26 Å². The summed E-state index contributed by atoms with van der Waals surface area (Å²) in [4.78, 5) is 21.0. The third kappa shape index (κ3) is 2.36. The van der Waals surface area contributed by atoms with Crippen LogP contribution in [0.4, 0.5) is 5.82 Å². The van der Waals surface area contributed by atoms with Gasteiger partial charge in [0.1, 0.15) is 11.8 Å². The highest BCUT2D eigenvalue weighted by atomic mass is 32.1. The van der Waals surface area contributed by atoms with E-state index in [-0.39, 0.29) is 11.7 Å². The van der Waals surface area contributed by atoms with Gasteiger partial charge in [0.05, 0.1) is 10.6 Å². The Balaban J connectivity index is 2.27. The highest BCUT2D eigenvalue weighted by Crippen LogP contribution is 2.18. The van der Waals surface area contributed by atoms with E-state index in [9.17, 15) is 4.79 Å². The molecular weight excluding hydrogens is 248 g/mol. The minimum Gasteiger partial charge on any atom is -0.304 e. The summed E-state index contributed by atoms with van der Waals surface area (Å²) in [5.41, 5.74) is 0.711. The number of nitrogens with zero attached hydrogens (tertiary/aromatic N) is 3. The van der Waals surface area contributed by atoms with Crippen LogP contribution < -0.4 is 5.32 Å². The summed E-state index contributed by atoms with van der Waals surface area (Å²) in [5.74, 6) is -0.0814. The fourth-order valence-corrected chi connectivity index (χ4v) is 2.32. The Morgan fingerprint density at radius 3 is 2.89 bits per heavy atom. The maximum Gasteiger partial charge on any atom is 0.276 e. The molecule has 0 atom stereocenters. The predicted octanol–water partition coefficient (Wildman–Crippen LogP) is 2.28. The molecule has 2 aromatic heterocycles. The van der Waals surface area contributed by atoms with E-state index in [0.717, 1.165) is 9.88 Å². The van der Waals surface area contributed by atoms with Gasteiger partial charge in [-0.1, -0.05) is 0 Å². The molecule has 0 fully saturated rings. The van der Waals surface area contributed by atoms with Crippen molar-refractivity contribution in [2.24, 2.45) is 0 Å². The van der Waals surface area contributed by atoms with Crippen LogP contribution in [0.15, 0.2) is 18.3 Å². The van der Waals surface area contributed by atoms with Crippen LogP contribution in [-0.2, 0) is 0 Å². The molecule has 2 heterocycles. The lowest BCUT2D eigenvalue weighted by molar-refractivity contribution is 0.102. The van der Waals surface area contributed by atoms with Crippen molar-refractivity contribution in [1.82, 2.24) is 9.97 Å². The van der Waals surface area contributed by atoms with Gasteiger partial charge in [-0.05, 0) is 26.0 Å². The number of nitriles is 1. The molecule has 1 amide bonds. The monoisotopic (exact) mass is 258 g/mol. The molecule has 0 saturated carbocycles. The van der Waals surface area contributed by atoms with Gasteiger partial charge in [0.25, 0.3) is 5.91 Å². The maximum absolute atomic E-state index is 12.0. The van der Waals surface area contributed by atoms with Gasteiger partial charge in [0, 0.05) is 11.1 Å². The van der Waals surface area contributed by atoms with Crippen molar-refractivity contribution in [2.45, 2.75) is 13.8 Å². The van der Waals surface area contributed by atoms with Gasteiger partial charge in [-0.25, -0.2) is 9.97 Å². The Hall–Kier alpha value is -2.26. The smallest absolute Gasteiger partial charge is 0.276 e. The fourth-order valence-electron chi connectivity index (χ4n) is 1.50. The van der Waals surface area contributed by atoms with Gasteiger partial charge in [0.15, 0.2) is 5.82 Å². The van der Waals surface area contributed by atoms with E-state index in [1.165, 1.54) is 17.5 Å². The zero-order valence-electron chi connectivity index (χ0n) is 9.89. The zero-order valence-corrected chi connectivity index (χ0v) is 10.7. The van der Waals surface area contributed by atoms with Gasteiger partial charge in [-0.2, -0.15) is 5.26 Å². The number of amides is 1. The molecule has 90 valence electrons. The Bertz CT molecular complexity index is 642. The van der Waals surface area contributed by atoms with Crippen molar-refractivity contribution < 1.29 is 4.79 Å². The van der Waals surface area contributed by atoms with Crippen molar-refractivity contribution in [3.8, 4) is 6.07 Å². The molecule has 0 unspecified atom stereocenters. The molecule has 5 nitrogen and oxygen atoms in total. The molecule has 0 aliphatic heterocycles. The summed E-state index contributed by atoms with van der Waals surface area (Å²) < 4.78 is 0. The Morgan fingerprint density at radius 1 is 1.50 bits per heavy atom. The van der Waals surface area contributed by atoms with Crippen LogP contribution in [0.2, 0.25) is 0 Å². The molecule has 2 aromatic rings. The predicted molar refractivity (Wildman–Crippen MR) is 68.5 cm³/mol. The standard InChI is InChI=1S/C12H10N4OS/c1-7-10(15-8(2)18-7)12(17)16-11-9(6-13)4-3-5-14-11/h3-5H,1-2H3,(H,14,16,17). The van der Waals surface area contributed by atoms with Crippen LogP contribution in [0, 0.1) is 25.2 Å². The summed E-state index contributed by atoms with van der Waals surface area (Å²) in [6, 6.07) is 5.22. The second-order valence-corrected chi connectivity index (χ2v) is 5.01. The topological polar surface area (TPSA) is 78.7 Å². The van der Waals surface area contributed by atoms with Crippen LogP contribution >= 0.6 is 11.3 Å². The van der Waals surface area contributed by atoms with Crippen LogP contribution in [0.25, 0.3) is 0 Å². The summed E-state index contributed by atoms with van der Waals surface area (Å²) >= 11 is 1.46. The van der Waals surface area contributed by atoms with Crippen molar-refractivity contribution >= 4 is 23.1 Å². The number of rotatable bonds is 2. The van der Waals surface area contributed by atoms with Gasteiger partial charge < -0.3 is 5.32 Å². The molecule has 0 aliphatic carbocycles. The van der Waals surface area contributed by atoms with E-state index in [1.54, 1.807) is 12.1 Å². The SMILES string of the molecule is Cc1nc(C(=O)Nc2ncccc2C#N)c(C)s1. The molecule has 0 aliphatic rings. The number of carbonyl (C=O) groups is 1. The lowest BCUT2D eigenvalue weighted by Crippen LogP contribution is -2.15. The highest BCUT2D eigenvalue weighted by molar-refractivity contribution is 7.11. The molecule has 0 bridgehead atoms. The maximum atomic E-state index is 12.0. The van der Waals surface area contributed by atoms with E-state index >= 15 is 0 Å². The second-order valence-electron chi connectivity index (χ2n) is 3.60. The van der Waals surface area contributed by atoms with Crippen molar-refractivity contribution in [2.75, 3.05) is 5.32 Å². The number of aromatic nitrogens is 2. The molecule has 2 rings (SSSR count). The number of pyridine rings is 1. The highest BCUT2D eigenvalue weighted by Gasteiger charge is 2.15. The van der Waals surface area contributed by atoms with Crippen LogP contribution in [0.1, 0.15) is 25.9 Å². The molecule has 0 aromatic carbocycles. The van der Waals surface area contributed by atoms with Gasteiger partial charge in [-0.3, -0.25) is 4.79 Å². The lowest BCUT2D eigenvalue weighted by atomic mass is 10.2.